The molecule has 1 amide bonds. The molecule has 0 saturated carbocycles. The molecule has 4 heteroatoms. The number of carbonyl (C=O) groups excluding carboxylic acids is 1. The highest BCUT2D eigenvalue weighted by Crippen LogP contribution is 2.38. The van der Waals surface area contributed by atoms with E-state index in [0.29, 0.717) is 5.92 Å². The van der Waals surface area contributed by atoms with E-state index in [2.05, 4.69) is 0 Å². The number of benzene rings is 1. The zero-order valence-electron chi connectivity index (χ0n) is 13.5. The molecule has 2 heterocycles. The maximum atomic E-state index is 12.6. The van der Waals surface area contributed by atoms with Crippen molar-refractivity contribution in [3.05, 3.63) is 35.4 Å². The van der Waals surface area contributed by atoms with E-state index in [9.17, 15) is 4.79 Å². The van der Waals surface area contributed by atoms with Crippen LogP contribution in [0.2, 0.25) is 0 Å². The van der Waals surface area contributed by atoms with Crippen LogP contribution in [-0.4, -0.2) is 49.8 Å². The van der Waals surface area contributed by atoms with Crippen LogP contribution in [0, 0.1) is 12.8 Å². The Morgan fingerprint density at radius 2 is 2.18 bits per heavy atom. The SMILES string of the molecule is COCC[C@H]1CCOC2(C1)CN(C(=O)c1ccccc1C)C2. The van der Waals surface area contributed by atoms with Gasteiger partial charge in [-0.3, -0.25) is 4.79 Å². The first-order chi connectivity index (χ1) is 10.6. The minimum absolute atomic E-state index is 0.102. The zero-order valence-corrected chi connectivity index (χ0v) is 13.5. The van der Waals surface area contributed by atoms with Gasteiger partial charge in [0.25, 0.3) is 5.91 Å². The molecule has 0 aliphatic carbocycles. The molecule has 0 radical (unpaired) electrons. The highest BCUT2D eigenvalue weighted by atomic mass is 16.5. The summed E-state index contributed by atoms with van der Waals surface area (Å²) in [7, 11) is 1.75. The van der Waals surface area contributed by atoms with E-state index < -0.39 is 0 Å². The van der Waals surface area contributed by atoms with E-state index in [-0.39, 0.29) is 11.5 Å². The van der Waals surface area contributed by atoms with Gasteiger partial charge >= 0.3 is 0 Å². The number of ether oxygens (including phenoxy) is 2. The first-order valence-electron chi connectivity index (χ1n) is 8.11. The van der Waals surface area contributed by atoms with Gasteiger partial charge < -0.3 is 14.4 Å². The van der Waals surface area contributed by atoms with Gasteiger partial charge in [0.1, 0.15) is 5.60 Å². The van der Waals surface area contributed by atoms with Crippen molar-refractivity contribution in [1.29, 1.82) is 0 Å². The summed E-state index contributed by atoms with van der Waals surface area (Å²) in [5, 5.41) is 0. The molecule has 2 fully saturated rings. The second-order valence-electron chi connectivity index (χ2n) is 6.65. The number of carbonyl (C=O) groups is 1. The van der Waals surface area contributed by atoms with Crippen molar-refractivity contribution in [3.63, 3.8) is 0 Å². The number of nitrogens with zero attached hydrogens (tertiary/aromatic N) is 1. The first-order valence-corrected chi connectivity index (χ1v) is 8.11. The normalized spacial score (nSPS) is 23.4. The van der Waals surface area contributed by atoms with Gasteiger partial charge in [-0.2, -0.15) is 0 Å². The Hall–Kier alpha value is -1.39. The molecule has 2 aliphatic heterocycles. The fourth-order valence-corrected chi connectivity index (χ4v) is 3.66. The summed E-state index contributed by atoms with van der Waals surface area (Å²) in [6, 6.07) is 7.79. The van der Waals surface area contributed by atoms with E-state index in [0.717, 1.165) is 56.7 Å². The average Bonchev–Trinajstić information content (AvgIpc) is 2.50. The first kappa shape index (κ1) is 15.5. The number of likely N-dealkylation sites (tertiary alicyclic amines) is 1. The predicted octanol–water partition coefficient (Wildman–Crippen LogP) is 2.65. The number of aryl methyl sites for hydroxylation is 1. The Balaban J connectivity index is 1.59. The molecule has 4 nitrogen and oxygen atoms in total. The van der Waals surface area contributed by atoms with Gasteiger partial charge in [0.2, 0.25) is 0 Å². The second kappa shape index (κ2) is 6.39. The van der Waals surface area contributed by atoms with Crippen LogP contribution in [0.3, 0.4) is 0 Å². The monoisotopic (exact) mass is 303 g/mol. The van der Waals surface area contributed by atoms with Crippen LogP contribution >= 0.6 is 0 Å². The van der Waals surface area contributed by atoms with Gasteiger partial charge in [-0.25, -0.2) is 0 Å². The van der Waals surface area contributed by atoms with Gasteiger partial charge in [0, 0.05) is 25.9 Å². The van der Waals surface area contributed by atoms with E-state index in [1.807, 2.05) is 36.1 Å². The molecule has 0 bridgehead atoms. The molecule has 1 atom stereocenters. The minimum atomic E-state index is -0.102. The maximum absolute atomic E-state index is 12.6. The lowest BCUT2D eigenvalue weighted by Crippen LogP contribution is -2.66. The van der Waals surface area contributed by atoms with Crippen LogP contribution in [0.4, 0.5) is 0 Å². The predicted molar refractivity (Wildman–Crippen MR) is 85.0 cm³/mol. The van der Waals surface area contributed by atoms with Crippen LogP contribution in [0.1, 0.15) is 35.2 Å². The quantitative estimate of drug-likeness (QED) is 0.858. The van der Waals surface area contributed by atoms with Crippen LogP contribution in [0.5, 0.6) is 0 Å². The lowest BCUT2D eigenvalue weighted by atomic mass is 9.79. The summed E-state index contributed by atoms with van der Waals surface area (Å²) < 4.78 is 11.2. The van der Waals surface area contributed by atoms with Crippen LogP contribution in [0.25, 0.3) is 0 Å². The summed E-state index contributed by atoms with van der Waals surface area (Å²) in [5.41, 5.74) is 1.75. The minimum Gasteiger partial charge on any atom is -0.385 e. The summed E-state index contributed by atoms with van der Waals surface area (Å²) in [4.78, 5) is 14.5. The summed E-state index contributed by atoms with van der Waals surface area (Å²) in [6.45, 7) is 5.06. The van der Waals surface area contributed by atoms with Gasteiger partial charge in [-0.05, 0) is 43.7 Å². The van der Waals surface area contributed by atoms with Crippen molar-refractivity contribution in [2.75, 3.05) is 33.4 Å². The van der Waals surface area contributed by atoms with Crippen molar-refractivity contribution < 1.29 is 14.3 Å². The van der Waals surface area contributed by atoms with Crippen LogP contribution in [0.15, 0.2) is 24.3 Å². The van der Waals surface area contributed by atoms with Crippen molar-refractivity contribution >= 4 is 5.91 Å². The standard InChI is InChI=1S/C18H25NO3/c1-14-5-3-4-6-16(14)17(20)19-12-18(13-19)11-15(7-9-21-2)8-10-22-18/h3-6,15H,7-13H2,1-2H3/t15-/m0/s1. The second-order valence-corrected chi connectivity index (χ2v) is 6.65. The Bertz CT molecular complexity index is 537. The van der Waals surface area contributed by atoms with Crippen molar-refractivity contribution in [1.82, 2.24) is 4.90 Å². The fraction of sp³-hybridized carbons (Fsp3) is 0.611. The zero-order chi connectivity index (χ0) is 15.6. The topological polar surface area (TPSA) is 38.8 Å². The highest BCUT2D eigenvalue weighted by molar-refractivity contribution is 5.96. The number of amides is 1. The number of hydrogen-bond acceptors (Lipinski definition) is 3. The maximum Gasteiger partial charge on any atom is 0.254 e. The van der Waals surface area contributed by atoms with Gasteiger partial charge in [-0.15, -0.1) is 0 Å². The Kier molecular flexibility index (Phi) is 4.50. The Labute approximate surface area is 132 Å². The molecular formula is C18H25NO3. The highest BCUT2D eigenvalue weighted by Gasteiger charge is 2.49. The molecule has 3 rings (SSSR count). The lowest BCUT2D eigenvalue weighted by molar-refractivity contribution is -0.167. The van der Waals surface area contributed by atoms with E-state index in [1.54, 1.807) is 7.11 Å². The summed E-state index contributed by atoms with van der Waals surface area (Å²) in [6.07, 6.45) is 3.25. The van der Waals surface area contributed by atoms with Gasteiger partial charge in [0.15, 0.2) is 0 Å². The molecule has 0 aromatic heterocycles. The Morgan fingerprint density at radius 1 is 1.41 bits per heavy atom. The summed E-state index contributed by atoms with van der Waals surface area (Å²) in [5.74, 6) is 0.788. The average molecular weight is 303 g/mol. The third-order valence-corrected chi connectivity index (χ3v) is 4.95. The fourth-order valence-electron chi connectivity index (χ4n) is 3.66. The molecule has 1 aromatic rings. The van der Waals surface area contributed by atoms with E-state index in [4.69, 9.17) is 9.47 Å². The third-order valence-electron chi connectivity index (χ3n) is 4.95. The van der Waals surface area contributed by atoms with Crippen molar-refractivity contribution in [2.45, 2.75) is 31.8 Å². The molecule has 2 aliphatic rings. The van der Waals surface area contributed by atoms with Gasteiger partial charge in [0.05, 0.1) is 13.1 Å². The van der Waals surface area contributed by atoms with E-state index >= 15 is 0 Å². The Morgan fingerprint density at radius 3 is 2.91 bits per heavy atom. The van der Waals surface area contributed by atoms with E-state index in [1.165, 1.54) is 0 Å². The molecular weight excluding hydrogens is 278 g/mol. The van der Waals surface area contributed by atoms with Gasteiger partial charge in [-0.1, -0.05) is 18.2 Å². The van der Waals surface area contributed by atoms with Crippen LogP contribution < -0.4 is 0 Å². The number of rotatable bonds is 4. The lowest BCUT2D eigenvalue weighted by Gasteiger charge is -2.53. The molecule has 0 unspecified atom stereocenters. The summed E-state index contributed by atoms with van der Waals surface area (Å²) >= 11 is 0. The molecule has 1 spiro atoms. The molecule has 2 saturated heterocycles. The smallest absolute Gasteiger partial charge is 0.254 e. The molecule has 22 heavy (non-hydrogen) atoms. The van der Waals surface area contributed by atoms with Crippen molar-refractivity contribution in [2.24, 2.45) is 5.92 Å². The largest absolute Gasteiger partial charge is 0.385 e. The van der Waals surface area contributed by atoms with Crippen LogP contribution in [-0.2, 0) is 9.47 Å². The third kappa shape index (κ3) is 3.03. The molecule has 120 valence electrons. The van der Waals surface area contributed by atoms with Crippen molar-refractivity contribution in [3.8, 4) is 0 Å². The number of methoxy groups -OCH3 is 1. The number of hydrogen-bond donors (Lipinski definition) is 0. The molecule has 0 N–H and O–H groups in total. The molecule has 1 aromatic carbocycles.